The Hall–Kier alpha value is -6.95. The summed E-state index contributed by atoms with van der Waals surface area (Å²) in [4.78, 5) is 195. The molecule has 109 heavy (non-hydrogen) atoms. The van der Waals surface area contributed by atoms with Crippen molar-refractivity contribution in [3.8, 4) is 0 Å². The van der Waals surface area contributed by atoms with Crippen molar-refractivity contribution in [1.29, 1.82) is 0 Å². The first-order chi connectivity index (χ1) is 51.4. The molecular weight excluding hydrogens is 1410 g/mol. The van der Waals surface area contributed by atoms with Crippen LogP contribution in [0.2, 0.25) is 0 Å². The van der Waals surface area contributed by atoms with Gasteiger partial charge in [0.25, 0.3) is 0 Å². The molecule has 27 nitrogen and oxygen atoms in total. The van der Waals surface area contributed by atoms with Crippen molar-refractivity contribution in [2.75, 3.05) is 109 Å². The molecule has 3 heterocycles. The van der Waals surface area contributed by atoms with Crippen molar-refractivity contribution < 1.29 is 84.9 Å². The average molecular weight is 1540 g/mol. The van der Waals surface area contributed by atoms with Gasteiger partial charge in [-0.1, -0.05) is 98.6 Å². The number of ether oxygens (including phenoxy) is 3. The third-order valence-electron chi connectivity index (χ3n) is 24.8. The van der Waals surface area contributed by atoms with E-state index in [1.54, 1.807) is 26.8 Å². The topological polar surface area (TPSA) is 298 Å². The van der Waals surface area contributed by atoms with Gasteiger partial charge in [0.1, 0.15) is 53.9 Å². The molecule has 3 N–H and O–H groups in total. The Morgan fingerprint density at radius 3 is 1.95 bits per heavy atom. The van der Waals surface area contributed by atoms with Gasteiger partial charge in [-0.15, -0.1) is 0 Å². The molecule has 0 aromatic heterocycles. The van der Waals surface area contributed by atoms with Gasteiger partial charge in [-0.2, -0.15) is 13.2 Å². The molecule has 0 aromatic carbocycles. The Labute approximate surface area is 644 Å². The van der Waals surface area contributed by atoms with Crippen LogP contribution in [-0.4, -0.2) is 296 Å². The van der Waals surface area contributed by atoms with Crippen LogP contribution < -0.4 is 16.0 Å². The molecule has 3 unspecified atom stereocenters. The Morgan fingerprint density at radius 2 is 1.35 bits per heavy atom. The molecule has 2 saturated heterocycles. The van der Waals surface area contributed by atoms with Crippen LogP contribution in [0.3, 0.4) is 0 Å². The van der Waals surface area contributed by atoms with Crippen molar-refractivity contribution >= 4 is 70.9 Å². The molecule has 12 amide bonds. The van der Waals surface area contributed by atoms with Gasteiger partial charge in [-0.3, -0.25) is 57.5 Å². The van der Waals surface area contributed by atoms with E-state index in [1.807, 2.05) is 33.8 Å². The fourth-order valence-electron chi connectivity index (χ4n) is 17.9. The van der Waals surface area contributed by atoms with Gasteiger partial charge in [0.05, 0.1) is 44.2 Å². The van der Waals surface area contributed by atoms with E-state index in [1.165, 1.54) is 90.7 Å². The predicted molar refractivity (Wildman–Crippen MR) is 402 cm³/mol. The molecule has 616 valence electrons. The maximum Gasteiger partial charge on any atom is 0.394 e. The molecule has 0 aromatic rings. The number of hydrogen-bond donors (Lipinski definition) is 3. The quantitative estimate of drug-likeness (QED) is 0.112. The number of nitrogens with zero attached hydrogens (tertiary/aromatic N) is 9. The smallest absolute Gasteiger partial charge is 0.381 e. The van der Waals surface area contributed by atoms with E-state index in [2.05, 4.69) is 22.9 Å². The second-order valence-electron chi connectivity index (χ2n) is 33.4. The Morgan fingerprint density at radius 1 is 0.697 bits per heavy atom. The van der Waals surface area contributed by atoms with Gasteiger partial charge < -0.3 is 74.3 Å². The summed E-state index contributed by atoms with van der Waals surface area (Å²) in [7, 11) is 11.3. The fraction of sp³-hybridized carbons (Fsp3) is 0.823. The van der Waals surface area contributed by atoms with Crippen LogP contribution in [0.1, 0.15) is 197 Å². The summed E-state index contributed by atoms with van der Waals surface area (Å²) < 4.78 is 60.6. The maximum absolute atomic E-state index is 15.9. The van der Waals surface area contributed by atoms with E-state index in [-0.39, 0.29) is 110 Å². The van der Waals surface area contributed by atoms with Crippen molar-refractivity contribution in [1.82, 2.24) is 60.0 Å². The highest BCUT2D eigenvalue weighted by atomic mass is 19.4. The number of carbonyl (C=O) groups is 12. The van der Waals surface area contributed by atoms with Gasteiger partial charge in [-0.05, 0) is 132 Å². The lowest BCUT2D eigenvalue weighted by Gasteiger charge is -2.54. The summed E-state index contributed by atoms with van der Waals surface area (Å²) in [6.45, 7) is 13.9. The molecule has 2 bridgehead atoms. The van der Waals surface area contributed by atoms with Gasteiger partial charge in [0.2, 0.25) is 70.9 Å². The first kappa shape index (κ1) is 89.3. The molecule has 4 aliphatic carbocycles. The molecule has 13 atom stereocenters. The fourth-order valence-corrected chi connectivity index (χ4v) is 17.9. The van der Waals surface area contributed by atoms with E-state index in [0.717, 1.165) is 35.5 Å². The summed E-state index contributed by atoms with van der Waals surface area (Å²) in [5, 5.41) is 8.86. The lowest BCUT2D eigenvalue weighted by atomic mass is 9.58. The van der Waals surface area contributed by atoms with Gasteiger partial charge >= 0.3 is 6.18 Å². The molecule has 7 aliphatic rings. The van der Waals surface area contributed by atoms with Crippen molar-refractivity contribution in [3.63, 3.8) is 0 Å². The zero-order chi connectivity index (χ0) is 80.7. The molecule has 0 radical (unpaired) electrons. The lowest BCUT2D eigenvalue weighted by molar-refractivity contribution is -0.215. The van der Waals surface area contributed by atoms with E-state index < -0.39 is 192 Å². The van der Waals surface area contributed by atoms with E-state index in [4.69, 9.17) is 14.2 Å². The summed E-state index contributed by atoms with van der Waals surface area (Å²) in [5.74, 6) is -10.8. The zero-order valence-electron chi connectivity index (χ0n) is 67.9. The number of fused-ring (bicyclic) bond motifs is 3. The van der Waals surface area contributed by atoms with E-state index in [9.17, 15) is 37.1 Å². The minimum atomic E-state index is -4.53. The van der Waals surface area contributed by atoms with E-state index in [0.29, 0.717) is 50.9 Å². The van der Waals surface area contributed by atoms with Gasteiger partial charge in [0, 0.05) is 95.7 Å². The summed E-state index contributed by atoms with van der Waals surface area (Å²) in [6.07, 6.45) is 3.95. The number of hydrogen-bond acceptors (Lipinski definition) is 15. The van der Waals surface area contributed by atoms with Crippen LogP contribution in [0.5, 0.6) is 0 Å². The van der Waals surface area contributed by atoms with Crippen LogP contribution in [0.4, 0.5) is 13.2 Å². The number of carbonyl (C=O) groups excluding carboxylic acids is 12. The average Bonchev–Trinajstić information content (AvgIpc) is 1.38. The standard InChI is InChI=1S/C79H129F3N12O15/c1-17-38-108-46-61-68(98)84-66(50(6)18-2)74(104)88(11)45-65(97)89(12)57-28-22-21-25-37-93(73(57)103)60(39-51-31-29-49(5)30-32-51)72(102)87(10)44-63(95)83-56(36-34-52-33-35-55(79(80,81)82)62(40-52)107-16)70(100)94-43-54(109-20-4)41-58(94)69(99)85-78(47-77(7,8)48-78)76(106)92(15)67(53-26-23-24-27-53)75(105)91(14)59(42-64(96)90(61)13)71(101)86(9)19-3/h21-22,49-62,66-67H,17-20,23-48H2,1-16H3,(H,83,95)(H,84,98)(H,85,99)/b22-21-/t49?,50-,51?,52?,54+,55?,56-,57-,58-,59-,60-,61-,62?,66-,67-/m0/s1. The number of rotatable bonds is 17. The minimum Gasteiger partial charge on any atom is -0.381 e. The first-order valence-corrected chi connectivity index (χ1v) is 40.1. The highest BCUT2D eigenvalue weighted by molar-refractivity contribution is 6.01. The van der Waals surface area contributed by atoms with Crippen LogP contribution in [-0.2, 0) is 71.7 Å². The normalized spacial score (nSPS) is 31.4. The van der Waals surface area contributed by atoms with E-state index >= 15 is 33.6 Å². The third kappa shape index (κ3) is 22.3. The minimum absolute atomic E-state index is 0.00780. The largest absolute Gasteiger partial charge is 0.394 e. The summed E-state index contributed by atoms with van der Waals surface area (Å²) in [5.41, 5.74) is -2.20. The van der Waals surface area contributed by atoms with Crippen molar-refractivity contribution in [2.45, 2.75) is 269 Å². The van der Waals surface area contributed by atoms with Gasteiger partial charge in [0.15, 0.2) is 0 Å². The molecule has 3 aliphatic heterocycles. The molecule has 30 heteroatoms. The Kier molecular flexibility index (Phi) is 32.3. The second-order valence-corrected chi connectivity index (χ2v) is 33.4. The highest BCUT2D eigenvalue weighted by Gasteiger charge is 2.60. The number of methoxy groups -OCH3 is 1. The number of nitrogens with one attached hydrogen (secondary N) is 3. The number of alkyl halides is 3. The first-order valence-electron chi connectivity index (χ1n) is 40.1. The zero-order valence-corrected chi connectivity index (χ0v) is 67.9. The lowest BCUT2D eigenvalue weighted by Crippen LogP contribution is -2.71. The molecule has 6 fully saturated rings. The number of amides is 12. The Bertz CT molecular complexity index is 3210. The van der Waals surface area contributed by atoms with Gasteiger partial charge in [-0.25, -0.2) is 0 Å². The van der Waals surface area contributed by atoms with Crippen LogP contribution in [0.15, 0.2) is 12.2 Å². The third-order valence-corrected chi connectivity index (χ3v) is 24.8. The summed E-state index contributed by atoms with van der Waals surface area (Å²) >= 11 is 0. The SMILES string of the molecule is CCCOC[C@H]1C(=O)N[C@@H]([C@@H](C)CC)C(=O)N(C)CC(=O)N(C)[C@H]2C/C=C\CCN(C2=O)[C@@H](CC2CCC(C)CC2)C(=O)N(C)CC(=O)N[C@@H](CCC2CCC(C(F)(F)F)C(OC)C2)C(=O)N2C[C@H](OCC)C[C@H]2C(=O)NC2(CC(C)(C)C2)C(=O)N(C)[C@@H](C2CCCC2)C(=O)N(C)[C@H](C(=O)N(C)CC)CC(=O)N1C. The Balaban J connectivity index is 1.34. The summed E-state index contributed by atoms with van der Waals surface area (Å²) in [6, 6.07) is -10.5. The van der Waals surface area contributed by atoms with Crippen LogP contribution >= 0.6 is 0 Å². The predicted octanol–water partition coefficient (Wildman–Crippen LogP) is 5.94. The monoisotopic (exact) mass is 1540 g/mol. The molecule has 4 saturated carbocycles. The molecule has 1 spiro atoms. The van der Waals surface area contributed by atoms with Crippen LogP contribution in [0, 0.1) is 40.9 Å². The highest BCUT2D eigenvalue weighted by Crippen LogP contribution is 2.50. The molecule has 7 rings (SSSR count). The van der Waals surface area contributed by atoms with Crippen LogP contribution in [0.25, 0.3) is 0 Å². The second kappa shape index (κ2) is 39.5. The van der Waals surface area contributed by atoms with Crippen molar-refractivity contribution in [2.24, 2.45) is 40.9 Å². The van der Waals surface area contributed by atoms with Crippen molar-refractivity contribution in [3.05, 3.63) is 12.2 Å². The number of likely N-dealkylation sites (N-methyl/N-ethyl adjacent to an activating group) is 7. The molecular formula is C79H129F3N12O15. The maximum atomic E-state index is 15.9. The number of halogens is 3.